The number of rotatable bonds is 6. The molecule has 0 amide bonds. The van der Waals surface area contributed by atoms with E-state index in [1.807, 2.05) is 0 Å². The molecule has 3 atom stereocenters. The Morgan fingerprint density at radius 3 is 2.44 bits per heavy atom. The smallest absolute Gasteiger partial charge is 0.410 e. The molecular weight excluding hydrogens is 374 g/mol. The molecule has 0 bridgehead atoms. The first-order chi connectivity index (χ1) is 12.5. The van der Waals surface area contributed by atoms with Crippen LogP contribution in [0.2, 0.25) is 0 Å². The average molecular weight is 400 g/mol. The quantitative estimate of drug-likeness (QED) is 0.566. The zero-order valence-electron chi connectivity index (χ0n) is 15.9. The summed E-state index contributed by atoms with van der Waals surface area (Å²) in [6.07, 6.45) is 1.96. The van der Waals surface area contributed by atoms with Crippen molar-refractivity contribution in [2.75, 3.05) is 0 Å². The van der Waals surface area contributed by atoms with Gasteiger partial charge in [-0.15, -0.1) is 0 Å². The number of ketones is 1. The summed E-state index contributed by atoms with van der Waals surface area (Å²) in [5, 5.41) is 4.96. The van der Waals surface area contributed by atoms with Gasteiger partial charge in [0.05, 0.1) is 12.0 Å². The fourth-order valence-corrected chi connectivity index (χ4v) is 5.22. The predicted octanol–water partition coefficient (Wildman–Crippen LogP) is 4.42. The van der Waals surface area contributed by atoms with E-state index in [1.165, 1.54) is 12.1 Å². The number of carbonyl (C=O) groups excluding carboxylic acids is 1. The molecule has 2 unspecified atom stereocenters. The first-order valence-corrected chi connectivity index (χ1v) is 10.4. The van der Waals surface area contributed by atoms with Gasteiger partial charge in [0.2, 0.25) is 0 Å². The van der Waals surface area contributed by atoms with Crippen LogP contribution in [0.5, 0.6) is 0 Å². The number of carbonyl (C=O) groups is 2. The number of Topliss-reactive ketones (excluding diaryl/α,β-unsaturated/α-hetero) is 1. The number of benzene rings is 1. The Morgan fingerprint density at radius 2 is 1.89 bits per heavy atom. The monoisotopic (exact) mass is 400 g/mol. The van der Waals surface area contributed by atoms with Crippen LogP contribution in [-0.4, -0.2) is 31.9 Å². The number of hydrogen-bond acceptors (Lipinski definition) is 3. The highest BCUT2D eigenvalue weighted by molar-refractivity contribution is 7.93. The maximum Gasteiger partial charge on any atom is 0.410 e. The van der Waals surface area contributed by atoms with E-state index in [9.17, 15) is 22.9 Å². The number of alkyl halides is 2. The maximum atomic E-state index is 14.8. The van der Waals surface area contributed by atoms with Gasteiger partial charge in [0.1, 0.15) is 11.0 Å². The lowest BCUT2D eigenvalue weighted by molar-refractivity contribution is -0.118. The molecule has 150 valence electrons. The molecule has 1 aromatic rings. The largest absolute Gasteiger partial charge is 0.611 e. The second kappa shape index (κ2) is 8.69. The minimum atomic E-state index is -3.42. The number of carboxylic acids is 1. The minimum absolute atomic E-state index is 0.0506. The molecule has 4 nitrogen and oxygen atoms in total. The van der Waals surface area contributed by atoms with Crippen molar-refractivity contribution >= 4 is 22.9 Å². The van der Waals surface area contributed by atoms with Gasteiger partial charge >= 0.3 is 11.2 Å². The van der Waals surface area contributed by atoms with Crippen LogP contribution >= 0.6 is 0 Å². The molecule has 0 saturated heterocycles. The Bertz CT molecular complexity index is 697. The molecule has 0 spiro atoms. The number of aryl methyl sites for hydroxylation is 2. The van der Waals surface area contributed by atoms with Gasteiger partial charge in [-0.25, -0.2) is 4.79 Å². The molecule has 0 aliphatic heterocycles. The highest BCUT2D eigenvalue weighted by Gasteiger charge is 2.48. The van der Waals surface area contributed by atoms with E-state index in [1.54, 1.807) is 20.8 Å². The Morgan fingerprint density at radius 1 is 1.30 bits per heavy atom. The van der Waals surface area contributed by atoms with E-state index < -0.39 is 34.1 Å². The van der Waals surface area contributed by atoms with Crippen LogP contribution in [-0.2, 0) is 22.4 Å². The molecule has 1 N–H and O–H groups in total. The first-order valence-electron chi connectivity index (χ1n) is 9.16. The van der Waals surface area contributed by atoms with E-state index >= 15 is 0 Å². The molecular formula is C20H26F2O4S. The summed E-state index contributed by atoms with van der Waals surface area (Å²) < 4.78 is 42.3. The van der Waals surface area contributed by atoms with Gasteiger partial charge in [0.25, 0.3) is 0 Å². The molecule has 0 aromatic heterocycles. The van der Waals surface area contributed by atoms with Gasteiger partial charge in [-0.1, -0.05) is 0 Å². The highest BCUT2D eigenvalue weighted by atomic mass is 32.2. The summed E-state index contributed by atoms with van der Waals surface area (Å²) in [5.74, 6) is -1.12. The van der Waals surface area contributed by atoms with Gasteiger partial charge < -0.3 is 9.66 Å². The van der Waals surface area contributed by atoms with E-state index in [0.29, 0.717) is 48.8 Å². The molecule has 7 heteroatoms. The summed E-state index contributed by atoms with van der Waals surface area (Å²) in [4.78, 5) is 22.6. The Kier molecular flexibility index (Phi) is 7.03. The maximum absolute atomic E-state index is 14.8. The zero-order chi connectivity index (χ0) is 20.4. The van der Waals surface area contributed by atoms with Crippen LogP contribution in [0.4, 0.5) is 8.78 Å². The molecule has 0 heterocycles. The fourth-order valence-electron chi connectivity index (χ4n) is 3.77. The summed E-state index contributed by atoms with van der Waals surface area (Å²) in [6.45, 7) is 4.76. The van der Waals surface area contributed by atoms with Crippen LogP contribution < -0.4 is 0 Å². The van der Waals surface area contributed by atoms with Crippen molar-refractivity contribution in [1.29, 1.82) is 0 Å². The molecule has 1 saturated carbocycles. The molecule has 2 rings (SSSR count). The fraction of sp³-hybridized carbons (Fsp3) is 0.600. The highest BCUT2D eigenvalue weighted by Crippen LogP contribution is 2.37. The SMILES string of the molecule is Cc1cc(C(=O)O)cc(C)c1CC(F)(F)[S+]([O-])[C@@H](C)C1CCCC(=O)CC1. The molecule has 1 aliphatic carbocycles. The van der Waals surface area contributed by atoms with E-state index in [4.69, 9.17) is 5.11 Å². The van der Waals surface area contributed by atoms with Gasteiger partial charge in [0.15, 0.2) is 0 Å². The van der Waals surface area contributed by atoms with Gasteiger partial charge in [-0.05, 0) is 68.9 Å². The second-order valence-electron chi connectivity index (χ2n) is 7.44. The Hall–Kier alpha value is -1.47. The van der Waals surface area contributed by atoms with Crippen molar-refractivity contribution in [3.8, 4) is 0 Å². The summed E-state index contributed by atoms with van der Waals surface area (Å²) >= 11 is -2.38. The Balaban J connectivity index is 2.17. The lowest BCUT2D eigenvalue weighted by atomic mass is 9.97. The van der Waals surface area contributed by atoms with Crippen LogP contribution in [0, 0.1) is 19.8 Å². The standard InChI is InChI=1S/C20H26F2O4S/c1-12-9-16(19(24)25)10-13(2)18(12)11-20(21,22)27(26)14(3)15-5-4-6-17(23)8-7-15/h9-10,14-15H,4-8,11H2,1-3H3,(H,24,25)/t14-,15?,27?/m0/s1. The van der Waals surface area contributed by atoms with Crippen molar-refractivity contribution < 1.29 is 28.0 Å². The number of hydrogen-bond donors (Lipinski definition) is 1. The second-order valence-corrected chi connectivity index (χ2v) is 9.38. The van der Waals surface area contributed by atoms with Crippen molar-refractivity contribution in [2.24, 2.45) is 5.92 Å². The number of aromatic carboxylic acids is 1. The first kappa shape index (κ1) is 21.8. The third-order valence-corrected chi connectivity index (χ3v) is 7.24. The molecule has 1 fully saturated rings. The van der Waals surface area contributed by atoms with Crippen molar-refractivity contribution in [3.63, 3.8) is 0 Å². The predicted molar refractivity (Wildman–Crippen MR) is 101 cm³/mol. The lowest BCUT2D eigenvalue weighted by Crippen LogP contribution is -2.41. The minimum Gasteiger partial charge on any atom is -0.611 e. The van der Waals surface area contributed by atoms with E-state index in [0.717, 1.165) is 0 Å². The normalized spacial score (nSPS) is 20.8. The summed E-state index contributed by atoms with van der Waals surface area (Å²) in [7, 11) is 0. The summed E-state index contributed by atoms with van der Waals surface area (Å²) in [5.41, 5.74) is 1.30. The third kappa shape index (κ3) is 5.29. The van der Waals surface area contributed by atoms with Crippen molar-refractivity contribution in [3.05, 3.63) is 34.4 Å². The van der Waals surface area contributed by atoms with Crippen LogP contribution in [0.25, 0.3) is 0 Å². The molecule has 27 heavy (non-hydrogen) atoms. The van der Waals surface area contributed by atoms with Crippen LogP contribution in [0.15, 0.2) is 12.1 Å². The van der Waals surface area contributed by atoms with Crippen LogP contribution in [0.1, 0.15) is 66.1 Å². The zero-order valence-corrected chi connectivity index (χ0v) is 16.7. The van der Waals surface area contributed by atoms with Crippen LogP contribution in [0.3, 0.4) is 0 Å². The number of carboxylic acid groups (broad SMARTS) is 1. The third-order valence-electron chi connectivity index (χ3n) is 5.45. The topological polar surface area (TPSA) is 77.4 Å². The summed E-state index contributed by atoms with van der Waals surface area (Å²) in [6, 6.07) is 2.73. The molecule has 1 aliphatic rings. The molecule has 1 aromatic carbocycles. The van der Waals surface area contributed by atoms with E-state index in [-0.39, 0.29) is 17.3 Å². The van der Waals surface area contributed by atoms with Crippen molar-refractivity contribution in [2.45, 2.75) is 69.8 Å². The number of halogens is 2. The van der Waals surface area contributed by atoms with Gasteiger partial charge in [-0.2, -0.15) is 8.78 Å². The van der Waals surface area contributed by atoms with E-state index in [2.05, 4.69) is 0 Å². The van der Waals surface area contributed by atoms with Crippen molar-refractivity contribution in [1.82, 2.24) is 0 Å². The molecule has 0 radical (unpaired) electrons. The van der Waals surface area contributed by atoms with Gasteiger partial charge in [-0.3, -0.25) is 4.79 Å². The lowest BCUT2D eigenvalue weighted by Gasteiger charge is -2.30. The average Bonchev–Trinajstić information content (AvgIpc) is 2.81. The Labute approximate surface area is 161 Å². The van der Waals surface area contributed by atoms with Gasteiger partial charge in [0, 0.05) is 29.9 Å².